The lowest BCUT2D eigenvalue weighted by molar-refractivity contribution is -0.124. The minimum Gasteiger partial charge on any atom is -0.386 e. The van der Waals surface area contributed by atoms with Crippen LogP contribution in [0.5, 0.6) is 0 Å². The zero-order valence-corrected chi connectivity index (χ0v) is 16.8. The van der Waals surface area contributed by atoms with Gasteiger partial charge in [-0.3, -0.25) is 4.79 Å². The maximum atomic E-state index is 13.1. The Labute approximate surface area is 163 Å². The second-order valence-corrected chi connectivity index (χ2v) is 7.42. The van der Waals surface area contributed by atoms with Crippen molar-refractivity contribution in [1.29, 1.82) is 0 Å². The normalized spacial score (nSPS) is 14.1. The molecule has 27 heavy (non-hydrogen) atoms. The average molecular weight is 366 g/mol. The number of allylic oxidation sites excluding steroid dienone is 2. The fourth-order valence-electron chi connectivity index (χ4n) is 3.29. The molecular weight excluding hydrogens is 334 g/mol. The van der Waals surface area contributed by atoms with E-state index < -0.39 is 6.10 Å². The van der Waals surface area contributed by atoms with Crippen molar-refractivity contribution in [2.45, 2.75) is 58.6 Å². The van der Waals surface area contributed by atoms with Crippen LogP contribution in [0.1, 0.15) is 62.3 Å². The van der Waals surface area contributed by atoms with Crippen LogP contribution in [0.3, 0.4) is 0 Å². The van der Waals surface area contributed by atoms with Crippen molar-refractivity contribution in [3.63, 3.8) is 0 Å². The fraction of sp³-hybridized carbons (Fsp3) is 0.375. The molecule has 0 radical (unpaired) electrons. The van der Waals surface area contributed by atoms with Crippen LogP contribution < -0.4 is 5.32 Å². The van der Waals surface area contributed by atoms with Gasteiger partial charge in [-0.15, -0.1) is 0 Å². The molecule has 0 saturated heterocycles. The number of aliphatic hydroxyl groups is 1. The van der Waals surface area contributed by atoms with Gasteiger partial charge in [-0.2, -0.15) is 0 Å². The van der Waals surface area contributed by atoms with E-state index in [2.05, 4.69) is 25.2 Å². The second kappa shape index (κ2) is 10.1. The van der Waals surface area contributed by atoms with Gasteiger partial charge in [0.2, 0.25) is 5.91 Å². The van der Waals surface area contributed by atoms with Gasteiger partial charge < -0.3 is 10.4 Å². The number of aliphatic hydroxyl groups excluding tert-OH is 1. The minimum atomic E-state index is -0.731. The van der Waals surface area contributed by atoms with Crippen LogP contribution in [0.25, 0.3) is 0 Å². The topological polar surface area (TPSA) is 49.3 Å². The average Bonchev–Trinajstić information content (AvgIpc) is 2.65. The molecule has 0 aliphatic carbocycles. The van der Waals surface area contributed by atoms with Crippen LogP contribution in [0, 0.1) is 6.92 Å². The second-order valence-electron chi connectivity index (χ2n) is 7.42. The summed E-state index contributed by atoms with van der Waals surface area (Å²) in [4.78, 5) is 13.1. The van der Waals surface area contributed by atoms with Crippen molar-refractivity contribution in [3.8, 4) is 0 Å². The lowest BCUT2D eigenvalue weighted by Gasteiger charge is -2.25. The highest BCUT2D eigenvalue weighted by atomic mass is 16.3. The molecule has 2 rings (SSSR count). The van der Waals surface area contributed by atoms with Crippen molar-refractivity contribution in [2.24, 2.45) is 0 Å². The first-order valence-electron chi connectivity index (χ1n) is 9.62. The quantitative estimate of drug-likeness (QED) is 0.642. The number of hydrogen-bond donors (Lipinski definition) is 2. The Morgan fingerprint density at radius 2 is 1.70 bits per heavy atom. The molecule has 0 heterocycles. The Kier molecular flexibility index (Phi) is 7.81. The zero-order chi connectivity index (χ0) is 19.8. The molecule has 2 aromatic rings. The molecule has 1 amide bonds. The molecule has 0 aliphatic heterocycles. The molecule has 3 atom stereocenters. The fourth-order valence-corrected chi connectivity index (χ4v) is 3.29. The summed E-state index contributed by atoms with van der Waals surface area (Å²) >= 11 is 0. The van der Waals surface area contributed by atoms with E-state index in [1.54, 1.807) is 0 Å². The van der Waals surface area contributed by atoms with Crippen molar-refractivity contribution >= 4 is 5.91 Å². The first-order chi connectivity index (χ1) is 12.9. The van der Waals surface area contributed by atoms with E-state index in [0.29, 0.717) is 0 Å². The van der Waals surface area contributed by atoms with Gasteiger partial charge in [0.15, 0.2) is 0 Å². The Balaban J connectivity index is 2.15. The van der Waals surface area contributed by atoms with Crippen LogP contribution in [-0.2, 0) is 4.79 Å². The number of carbonyl (C=O) groups excluding carboxylic acids is 1. The molecule has 2 aromatic carbocycles. The van der Waals surface area contributed by atoms with E-state index in [0.717, 1.165) is 29.5 Å². The van der Waals surface area contributed by atoms with Gasteiger partial charge >= 0.3 is 0 Å². The summed E-state index contributed by atoms with van der Waals surface area (Å²) < 4.78 is 0. The van der Waals surface area contributed by atoms with E-state index in [-0.39, 0.29) is 17.9 Å². The summed E-state index contributed by atoms with van der Waals surface area (Å²) in [5.74, 6) is -0.263. The summed E-state index contributed by atoms with van der Waals surface area (Å²) in [6.45, 7) is 8.03. The first-order valence-corrected chi connectivity index (χ1v) is 9.62. The van der Waals surface area contributed by atoms with E-state index in [4.69, 9.17) is 0 Å². The number of nitrogens with one attached hydrogen (secondary N) is 1. The number of hydrogen-bond acceptors (Lipinski definition) is 2. The minimum absolute atomic E-state index is 0.0334. The van der Waals surface area contributed by atoms with Gasteiger partial charge in [0, 0.05) is 0 Å². The summed E-state index contributed by atoms with van der Waals surface area (Å²) in [7, 11) is 0. The molecule has 0 unspecified atom stereocenters. The Morgan fingerprint density at radius 1 is 1.07 bits per heavy atom. The maximum Gasteiger partial charge on any atom is 0.227 e. The number of amides is 1. The monoisotopic (exact) mass is 365 g/mol. The van der Waals surface area contributed by atoms with E-state index in [9.17, 15) is 9.90 Å². The lowest BCUT2D eigenvalue weighted by Crippen LogP contribution is -2.40. The molecule has 144 valence electrons. The third kappa shape index (κ3) is 6.07. The van der Waals surface area contributed by atoms with Crippen LogP contribution in [-0.4, -0.2) is 17.1 Å². The third-order valence-corrected chi connectivity index (χ3v) is 4.87. The van der Waals surface area contributed by atoms with E-state index >= 15 is 0 Å². The number of aryl methyl sites for hydroxylation is 1. The summed E-state index contributed by atoms with van der Waals surface area (Å²) in [5, 5.41) is 13.6. The molecule has 0 bridgehead atoms. The molecule has 0 fully saturated rings. The van der Waals surface area contributed by atoms with E-state index in [1.807, 2.05) is 68.4 Å². The largest absolute Gasteiger partial charge is 0.386 e. The van der Waals surface area contributed by atoms with Crippen molar-refractivity contribution < 1.29 is 9.90 Å². The highest BCUT2D eigenvalue weighted by molar-refractivity contribution is 5.84. The molecule has 3 heteroatoms. The van der Waals surface area contributed by atoms with Crippen molar-refractivity contribution in [3.05, 3.63) is 82.9 Å². The summed E-state index contributed by atoms with van der Waals surface area (Å²) in [6.07, 6.45) is 3.03. The molecule has 0 aliphatic rings. The molecule has 3 nitrogen and oxygen atoms in total. The maximum absolute atomic E-state index is 13.1. The zero-order valence-electron chi connectivity index (χ0n) is 16.8. The highest BCUT2D eigenvalue weighted by Crippen LogP contribution is 2.26. The van der Waals surface area contributed by atoms with Crippen molar-refractivity contribution in [2.75, 3.05) is 0 Å². The summed E-state index contributed by atoms with van der Waals surface area (Å²) in [6, 6.07) is 17.1. The van der Waals surface area contributed by atoms with Crippen LogP contribution in [0.2, 0.25) is 0 Å². The smallest absolute Gasteiger partial charge is 0.227 e. The number of carbonyl (C=O) groups is 1. The summed E-state index contributed by atoms with van der Waals surface area (Å²) in [5.41, 5.74) is 4.23. The predicted octanol–water partition coefficient (Wildman–Crippen LogP) is 5.06. The molecule has 0 spiro atoms. The van der Waals surface area contributed by atoms with Crippen LogP contribution in [0.4, 0.5) is 0 Å². The predicted molar refractivity (Wildman–Crippen MR) is 112 cm³/mol. The lowest BCUT2D eigenvalue weighted by atomic mass is 9.89. The van der Waals surface area contributed by atoms with Gasteiger partial charge in [0.25, 0.3) is 0 Å². The number of rotatable bonds is 8. The molecule has 0 aromatic heterocycles. The van der Waals surface area contributed by atoms with Gasteiger partial charge in [0.1, 0.15) is 0 Å². The van der Waals surface area contributed by atoms with Gasteiger partial charge in [0.05, 0.1) is 18.1 Å². The Morgan fingerprint density at radius 3 is 2.33 bits per heavy atom. The Bertz CT molecular complexity index is 763. The SMILES string of the molecule is CC(C)=CCC[C@@H](C(=O)N[C@H](C)[C@H](O)c1ccccc1)c1ccccc1C. The van der Waals surface area contributed by atoms with Gasteiger partial charge in [-0.05, 0) is 57.2 Å². The van der Waals surface area contributed by atoms with Crippen molar-refractivity contribution in [1.82, 2.24) is 5.32 Å². The molecule has 2 N–H and O–H groups in total. The van der Waals surface area contributed by atoms with Gasteiger partial charge in [-0.1, -0.05) is 66.2 Å². The first kappa shape index (κ1) is 20.9. The van der Waals surface area contributed by atoms with Crippen LogP contribution >= 0.6 is 0 Å². The highest BCUT2D eigenvalue weighted by Gasteiger charge is 2.25. The number of benzene rings is 2. The molecular formula is C24H31NO2. The third-order valence-electron chi connectivity index (χ3n) is 4.87. The Hall–Kier alpha value is -2.39. The molecule has 0 saturated carbocycles. The van der Waals surface area contributed by atoms with E-state index in [1.165, 1.54) is 5.57 Å². The van der Waals surface area contributed by atoms with Crippen LogP contribution in [0.15, 0.2) is 66.2 Å². The standard InChI is InChI=1S/C24H31NO2/c1-17(2)11-10-16-22(21-15-9-8-12-18(21)3)24(27)25-19(4)23(26)20-13-6-5-7-14-20/h5-9,11-15,19,22-23,26H,10,16H2,1-4H3,(H,25,27)/t19-,22-,23+/m1/s1. The van der Waals surface area contributed by atoms with Gasteiger partial charge in [-0.25, -0.2) is 0 Å².